The van der Waals surface area contributed by atoms with Crippen molar-refractivity contribution in [1.29, 1.82) is 0 Å². The number of pyridine rings is 3. The van der Waals surface area contributed by atoms with Gasteiger partial charge in [0.25, 0.3) is 0 Å². The molecular weight excluding hydrogens is 647 g/mol. The molecule has 0 spiro atoms. The van der Waals surface area contributed by atoms with Gasteiger partial charge in [-0.3, -0.25) is 0 Å². The number of hydrogen-bond donors (Lipinski definition) is 0. The van der Waals surface area contributed by atoms with Crippen molar-refractivity contribution in [3.63, 3.8) is 0 Å². The molecule has 6 aromatic rings. The molecule has 0 fully saturated rings. The second-order valence-corrected chi connectivity index (χ2v) is 9.54. The Bertz CT molecular complexity index is 1800. The van der Waals surface area contributed by atoms with Gasteiger partial charge in [0.2, 0.25) is 5.71 Å². The Morgan fingerprint density at radius 3 is 2.45 bits per heavy atom. The van der Waals surface area contributed by atoms with Gasteiger partial charge in [0.15, 0.2) is 0 Å². The Labute approximate surface area is 244 Å². The zero-order chi connectivity index (χ0) is 30.1. The maximum absolute atomic E-state index is 8.55. The largest absolute Gasteiger partial charge is 0.486 e. The average molecular weight is 681 g/mol. The molecule has 0 N–H and O–H groups in total. The smallest absolute Gasteiger partial charge is 0.216 e. The minimum atomic E-state index is -2.32. The molecule has 0 aliphatic heterocycles. The quantitative estimate of drug-likeness (QED) is 0.177. The molecule has 6 rings (SSSR count). The summed E-state index contributed by atoms with van der Waals surface area (Å²) in [5.41, 5.74) is 3.73. The molecule has 4 nitrogen and oxygen atoms in total. The molecule has 193 valence electrons. The van der Waals surface area contributed by atoms with E-state index in [1.165, 1.54) is 6.07 Å². The molecular formula is C33H29IrN3O-2. The summed E-state index contributed by atoms with van der Waals surface area (Å²) in [6.45, 7) is 3.24. The van der Waals surface area contributed by atoms with Crippen LogP contribution in [0.25, 0.3) is 44.6 Å². The molecule has 0 amide bonds. The van der Waals surface area contributed by atoms with Crippen molar-refractivity contribution < 1.29 is 31.4 Å². The normalized spacial score (nSPS) is 13.7. The van der Waals surface area contributed by atoms with Crippen LogP contribution in [0, 0.1) is 24.4 Å². The second-order valence-electron chi connectivity index (χ2n) is 9.54. The van der Waals surface area contributed by atoms with Crippen molar-refractivity contribution in [3.8, 4) is 22.5 Å². The van der Waals surface area contributed by atoms with E-state index >= 15 is 0 Å². The summed E-state index contributed by atoms with van der Waals surface area (Å²) in [6, 6.07) is 30.1. The minimum absolute atomic E-state index is 0. The predicted molar refractivity (Wildman–Crippen MR) is 150 cm³/mol. The monoisotopic (exact) mass is 681 g/mol. The SMILES string of the molecule is [2H]C([2H])([2H])c1ccc2c(n1)oc1c(-c3cc(C([2H])([2H])C(C)(C)C)ccn3)[c-]ccc12.[Ir].[c-]1ccccc1-c1ccccn1. The summed E-state index contributed by atoms with van der Waals surface area (Å²) >= 11 is 0. The van der Waals surface area contributed by atoms with Gasteiger partial charge in [0.1, 0.15) is 0 Å². The van der Waals surface area contributed by atoms with Crippen LogP contribution in [0.4, 0.5) is 0 Å². The van der Waals surface area contributed by atoms with Gasteiger partial charge >= 0.3 is 0 Å². The zero-order valence-electron chi connectivity index (χ0n) is 26.2. The Kier molecular flexibility index (Phi) is 6.62. The first kappa shape index (κ1) is 21.3. The number of aromatic nitrogens is 3. The van der Waals surface area contributed by atoms with Crippen LogP contribution in [0.2, 0.25) is 0 Å². The topological polar surface area (TPSA) is 51.8 Å². The molecule has 0 saturated carbocycles. The van der Waals surface area contributed by atoms with Gasteiger partial charge in [-0.05, 0) is 54.3 Å². The first-order valence-corrected chi connectivity index (χ1v) is 12.0. The Morgan fingerprint density at radius 1 is 0.868 bits per heavy atom. The maximum Gasteiger partial charge on any atom is 0.216 e. The van der Waals surface area contributed by atoms with E-state index in [4.69, 9.17) is 11.3 Å². The number of rotatable bonds is 3. The summed E-state index contributed by atoms with van der Waals surface area (Å²) in [4.78, 5) is 12.8. The molecule has 0 saturated heterocycles. The third-order valence-electron chi connectivity index (χ3n) is 5.48. The van der Waals surface area contributed by atoms with Crippen LogP contribution in [-0.2, 0) is 26.5 Å². The molecule has 0 bridgehead atoms. The standard InChI is InChI=1S/C22H21N2O.C11H8N.Ir/c1-14-8-9-17-16-6-5-7-18(20(16)25-21(17)24-14)19-12-15(10-11-23-19)13-22(2,3)4;1-2-6-10(7-3-1)11-8-4-5-9-12-11;/h5-6,8-12H,13H2,1-4H3;1-6,8-9H;/q2*-1;/i1D3,13D2;;. The van der Waals surface area contributed by atoms with E-state index in [9.17, 15) is 0 Å². The number of aryl methyl sites for hydroxylation is 1. The second kappa shape index (κ2) is 11.8. The first-order valence-electron chi connectivity index (χ1n) is 14.5. The van der Waals surface area contributed by atoms with Crippen LogP contribution in [-0.4, -0.2) is 15.0 Å². The van der Waals surface area contributed by atoms with Crippen molar-refractivity contribution in [2.75, 3.05) is 0 Å². The van der Waals surface area contributed by atoms with Gasteiger partial charge in [0, 0.05) is 50.4 Å². The third-order valence-corrected chi connectivity index (χ3v) is 5.48. The summed E-state index contributed by atoms with van der Waals surface area (Å²) in [6.07, 6.45) is 1.80. The molecule has 1 radical (unpaired) electrons. The van der Waals surface area contributed by atoms with Gasteiger partial charge in [-0.2, -0.15) is 0 Å². The maximum atomic E-state index is 8.55. The van der Waals surface area contributed by atoms with E-state index < -0.39 is 18.6 Å². The fourth-order valence-electron chi connectivity index (χ4n) is 3.97. The van der Waals surface area contributed by atoms with E-state index in [2.05, 4.69) is 27.1 Å². The zero-order valence-corrected chi connectivity index (χ0v) is 23.6. The fourth-order valence-corrected chi connectivity index (χ4v) is 3.97. The molecule has 38 heavy (non-hydrogen) atoms. The van der Waals surface area contributed by atoms with Crippen molar-refractivity contribution in [2.45, 2.75) is 34.0 Å². The van der Waals surface area contributed by atoms with Crippen LogP contribution in [0.1, 0.15) is 38.9 Å². The van der Waals surface area contributed by atoms with Crippen LogP contribution in [0.3, 0.4) is 0 Å². The molecule has 0 atom stereocenters. The van der Waals surface area contributed by atoms with E-state index in [-0.39, 0.29) is 31.5 Å². The number of nitrogens with zero attached hydrogens (tertiary/aromatic N) is 3. The minimum Gasteiger partial charge on any atom is -0.486 e. The van der Waals surface area contributed by atoms with Gasteiger partial charge in [0.05, 0.1) is 5.58 Å². The van der Waals surface area contributed by atoms with Gasteiger partial charge in [-0.15, -0.1) is 54.1 Å². The summed E-state index contributed by atoms with van der Waals surface area (Å²) in [5.74, 6) is 0. The third kappa shape index (κ3) is 6.42. The molecule has 0 aliphatic rings. The Morgan fingerprint density at radius 2 is 1.71 bits per heavy atom. The molecule has 0 aliphatic carbocycles. The molecule has 2 aromatic carbocycles. The van der Waals surface area contributed by atoms with Crippen molar-refractivity contribution in [1.82, 2.24) is 15.0 Å². The van der Waals surface area contributed by atoms with E-state index in [0.717, 1.165) is 16.6 Å². The molecule has 0 unspecified atom stereocenters. The predicted octanol–water partition coefficient (Wildman–Crippen LogP) is 8.29. The average Bonchev–Trinajstić information content (AvgIpc) is 3.36. The van der Waals surface area contributed by atoms with E-state index in [1.807, 2.05) is 69.3 Å². The van der Waals surface area contributed by atoms with Crippen LogP contribution >= 0.6 is 0 Å². The van der Waals surface area contributed by atoms with Crippen molar-refractivity contribution in [2.24, 2.45) is 5.41 Å². The number of fused-ring (bicyclic) bond motifs is 3. The van der Waals surface area contributed by atoms with Gasteiger partial charge < -0.3 is 14.4 Å². The van der Waals surface area contributed by atoms with Crippen LogP contribution < -0.4 is 0 Å². The summed E-state index contributed by atoms with van der Waals surface area (Å²) < 4.78 is 45.8. The molecule has 4 aromatic heterocycles. The summed E-state index contributed by atoms with van der Waals surface area (Å²) in [5, 5.41) is 1.48. The van der Waals surface area contributed by atoms with Crippen LogP contribution in [0.15, 0.2) is 95.7 Å². The molecule has 4 heterocycles. The van der Waals surface area contributed by atoms with Gasteiger partial charge in [-0.25, -0.2) is 4.98 Å². The number of benzene rings is 2. The summed E-state index contributed by atoms with van der Waals surface area (Å²) in [7, 11) is 0. The van der Waals surface area contributed by atoms with Crippen LogP contribution in [0.5, 0.6) is 0 Å². The molecule has 5 heteroatoms. The Hall–Kier alpha value is -3.66. The fraction of sp³-hybridized carbons (Fsp3) is 0.182. The van der Waals surface area contributed by atoms with E-state index in [0.29, 0.717) is 27.8 Å². The number of hydrogen-bond acceptors (Lipinski definition) is 4. The van der Waals surface area contributed by atoms with Crippen molar-refractivity contribution in [3.05, 3.63) is 115 Å². The van der Waals surface area contributed by atoms with Crippen molar-refractivity contribution >= 4 is 22.1 Å². The number of furan rings is 1. The first-order chi connectivity index (χ1) is 19.9. The van der Waals surface area contributed by atoms with Gasteiger partial charge in [-0.1, -0.05) is 55.5 Å². The van der Waals surface area contributed by atoms with E-state index in [1.54, 1.807) is 36.7 Å². The Balaban J connectivity index is 0.000000272.